The molecule has 0 saturated heterocycles. The van der Waals surface area contributed by atoms with Crippen molar-refractivity contribution in [2.45, 2.75) is 6.92 Å². The number of carbonyl (C=O) groups is 1. The van der Waals surface area contributed by atoms with Gasteiger partial charge in [0.05, 0.1) is 17.2 Å². The molecule has 3 heteroatoms. The molecule has 3 rings (SSSR count). The number of esters is 1. The van der Waals surface area contributed by atoms with Crippen LogP contribution in [0.2, 0.25) is 0 Å². The molecule has 0 aliphatic carbocycles. The Hall–Kier alpha value is -3.38. The minimum absolute atomic E-state index is 0.371. The maximum atomic E-state index is 12.1. The normalized spacial score (nSPS) is 10.0. The molecule has 3 aromatic carbocycles. The van der Waals surface area contributed by atoms with E-state index in [1.165, 1.54) is 0 Å². The number of rotatable bonds is 3. The first-order chi connectivity index (χ1) is 11.7. The fourth-order valence-corrected chi connectivity index (χ4v) is 2.39. The van der Waals surface area contributed by atoms with Crippen molar-refractivity contribution in [2.75, 3.05) is 0 Å². The summed E-state index contributed by atoms with van der Waals surface area (Å²) in [5, 5.41) is 8.83. The summed E-state index contributed by atoms with van der Waals surface area (Å²) >= 11 is 0. The van der Waals surface area contributed by atoms with Crippen LogP contribution in [-0.2, 0) is 0 Å². The van der Waals surface area contributed by atoms with Gasteiger partial charge in [0.1, 0.15) is 5.75 Å². The van der Waals surface area contributed by atoms with Crippen LogP contribution in [0.5, 0.6) is 5.75 Å². The van der Waals surface area contributed by atoms with E-state index in [0.29, 0.717) is 16.9 Å². The zero-order valence-corrected chi connectivity index (χ0v) is 13.2. The minimum Gasteiger partial charge on any atom is -0.423 e. The van der Waals surface area contributed by atoms with Gasteiger partial charge in [0, 0.05) is 0 Å². The summed E-state index contributed by atoms with van der Waals surface area (Å²) < 4.78 is 5.40. The molecule has 0 aromatic heterocycles. The van der Waals surface area contributed by atoms with E-state index in [9.17, 15) is 4.79 Å². The Morgan fingerprint density at radius 3 is 2.12 bits per heavy atom. The van der Waals surface area contributed by atoms with Crippen molar-refractivity contribution in [1.82, 2.24) is 0 Å². The predicted molar refractivity (Wildman–Crippen MR) is 92.7 cm³/mol. The molecule has 0 fully saturated rings. The smallest absolute Gasteiger partial charge is 0.343 e. The number of nitrogens with zero attached hydrogens (tertiary/aromatic N) is 1. The Morgan fingerprint density at radius 1 is 0.917 bits per heavy atom. The van der Waals surface area contributed by atoms with Crippen LogP contribution in [0, 0.1) is 18.3 Å². The molecule has 0 aliphatic rings. The van der Waals surface area contributed by atoms with Gasteiger partial charge in [0.15, 0.2) is 0 Å². The third-order valence-electron chi connectivity index (χ3n) is 3.67. The summed E-state index contributed by atoms with van der Waals surface area (Å²) in [6, 6.07) is 24.1. The lowest BCUT2D eigenvalue weighted by atomic mass is 10.0. The molecule has 0 heterocycles. The van der Waals surface area contributed by atoms with Gasteiger partial charge in [-0.1, -0.05) is 42.0 Å². The second kappa shape index (κ2) is 6.80. The Morgan fingerprint density at radius 2 is 1.54 bits per heavy atom. The van der Waals surface area contributed by atoms with E-state index in [1.54, 1.807) is 36.4 Å². The first kappa shape index (κ1) is 15.5. The van der Waals surface area contributed by atoms with Crippen molar-refractivity contribution in [3.8, 4) is 22.9 Å². The summed E-state index contributed by atoms with van der Waals surface area (Å²) in [7, 11) is 0. The van der Waals surface area contributed by atoms with Gasteiger partial charge in [0.25, 0.3) is 0 Å². The monoisotopic (exact) mass is 313 g/mol. The molecule has 0 unspecified atom stereocenters. The molecule has 0 aliphatic heterocycles. The van der Waals surface area contributed by atoms with Gasteiger partial charge in [0.2, 0.25) is 0 Å². The van der Waals surface area contributed by atoms with Crippen molar-refractivity contribution in [3.63, 3.8) is 0 Å². The predicted octanol–water partition coefficient (Wildman–Crippen LogP) is 4.75. The van der Waals surface area contributed by atoms with Gasteiger partial charge in [-0.2, -0.15) is 5.26 Å². The molecule has 24 heavy (non-hydrogen) atoms. The van der Waals surface area contributed by atoms with E-state index in [2.05, 4.69) is 6.07 Å². The number of nitriles is 1. The van der Waals surface area contributed by atoms with Crippen molar-refractivity contribution >= 4 is 5.97 Å². The van der Waals surface area contributed by atoms with Crippen LogP contribution in [0.25, 0.3) is 11.1 Å². The highest BCUT2D eigenvalue weighted by Crippen LogP contribution is 2.23. The van der Waals surface area contributed by atoms with Gasteiger partial charge in [-0.25, -0.2) is 4.79 Å². The number of hydrogen-bond acceptors (Lipinski definition) is 3. The average Bonchev–Trinajstić information content (AvgIpc) is 2.62. The number of ether oxygens (including phenoxy) is 1. The zero-order valence-electron chi connectivity index (χ0n) is 13.2. The molecule has 0 amide bonds. The Kier molecular flexibility index (Phi) is 4.40. The molecule has 0 N–H and O–H groups in total. The van der Waals surface area contributed by atoms with Gasteiger partial charge in [-0.15, -0.1) is 0 Å². The average molecular weight is 313 g/mol. The maximum absolute atomic E-state index is 12.1. The second-order valence-electron chi connectivity index (χ2n) is 5.47. The van der Waals surface area contributed by atoms with E-state index in [0.717, 1.165) is 16.7 Å². The first-order valence-electron chi connectivity index (χ1n) is 7.55. The molecule has 0 saturated carbocycles. The van der Waals surface area contributed by atoms with Gasteiger partial charge < -0.3 is 4.74 Å². The topological polar surface area (TPSA) is 50.1 Å². The highest BCUT2D eigenvalue weighted by atomic mass is 16.5. The van der Waals surface area contributed by atoms with E-state index in [-0.39, 0.29) is 5.97 Å². The summed E-state index contributed by atoms with van der Waals surface area (Å²) in [4.78, 5) is 12.1. The summed E-state index contributed by atoms with van der Waals surface area (Å²) in [5.41, 5.74) is 4.18. The summed E-state index contributed by atoms with van der Waals surface area (Å²) in [6.45, 7) is 1.93. The minimum atomic E-state index is -0.371. The third-order valence-corrected chi connectivity index (χ3v) is 3.67. The molecule has 0 atom stereocenters. The lowest BCUT2D eigenvalue weighted by Gasteiger charge is -2.07. The third kappa shape index (κ3) is 3.50. The molecular weight excluding hydrogens is 298 g/mol. The lowest BCUT2D eigenvalue weighted by Crippen LogP contribution is -2.08. The van der Waals surface area contributed by atoms with Crippen LogP contribution in [0.3, 0.4) is 0 Å². The molecule has 0 radical (unpaired) electrons. The highest BCUT2D eigenvalue weighted by Gasteiger charge is 2.08. The standard InChI is InChI=1S/C21H15NO2/c1-15-3-2-4-19(13-15)21(23)24-20-11-9-18(10-12-20)17-7-5-16(14-22)6-8-17/h2-13H,1H3. The molecule has 3 nitrogen and oxygen atoms in total. The second-order valence-corrected chi connectivity index (χ2v) is 5.47. The van der Waals surface area contributed by atoms with Crippen molar-refractivity contribution < 1.29 is 9.53 Å². The van der Waals surface area contributed by atoms with Crippen molar-refractivity contribution in [2.24, 2.45) is 0 Å². The van der Waals surface area contributed by atoms with Gasteiger partial charge in [-0.05, 0) is 54.4 Å². The van der Waals surface area contributed by atoms with E-state index in [4.69, 9.17) is 10.00 Å². The maximum Gasteiger partial charge on any atom is 0.343 e. The molecule has 0 bridgehead atoms. The lowest BCUT2D eigenvalue weighted by molar-refractivity contribution is 0.0734. The van der Waals surface area contributed by atoms with E-state index >= 15 is 0 Å². The summed E-state index contributed by atoms with van der Waals surface area (Å²) in [6.07, 6.45) is 0. The number of aryl methyl sites for hydroxylation is 1. The zero-order chi connectivity index (χ0) is 16.9. The summed E-state index contributed by atoms with van der Waals surface area (Å²) in [5.74, 6) is 0.128. The van der Waals surface area contributed by atoms with E-state index in [1.807, 2.05) is 43.3 Å². The number of benzene rings is 3. The van der Waals surface area contributed by atoms with Crippen molar-refractivity contribution in [3.05, 3.63) is 89.5 Å². The van der Waals surface area contributed by atoms with Crippen LogP contribution < -0.4 is 4.74 Å². The van der Waals surface area contributed by atoms with Gasteiger partial charge >= 0.3 is 5.97 Å². The highest BCUT2D eigenvalue weighted by molar-refractivity contribution is 5.91. The molecule has 116 valence electrons. The first-order valence-corrected chi connectivity index (χ1v) is 7.55. The SMILES string of the molecule is Cc1cccc(C(=O)Oc2ccc(-c3ccc(C#N)cc3)cc2)c1. The van der Waals surface area contributed by atoms with Crippen LogP contribution in [-0.4, -0.2) is 5.97 Å². The van der Waals surface area contributed by atoms with Gasteiger partial charge in [-0.3, -0.25) is 0 Å². The Bertz CT molecular complexity index is 904. The molecular formula is C21H15NO2. The fourth-order valence-electron chi connectivity index (χ4n) is 2.39. The van der Waals surface area contributed by atoms with Crippen LogP contribution >= 0.6 is 0 Å². The quantitative estimate of drug-likeness (QED) is 0.518. The Labute approximate surface area is 140 Å². The van der Waals surface area contributed by atoms with Crippen LogP contribution in [0.15, 0.2) is 72.8 Å². The Balaban J connectivity index is 1.74. The van der Waals surface area contributed by atoms with Crippen molar-refractivity contribution in [1.29, 1.82) is 5.26 Å². The molecule has 3 aromatic rings. The van der Waals surface area contributed by atoms with E-state index < -0.39 is 0 Å². The molecule has 0 spiro atoms. The number of hydrogen-bond donors (Lipinski definition) is 0. The largest absolute Gasteiger partial charge is 0.423 e. The van der Waals surface area contributed by atoms with Crippen LogP contribution in [0.1, 0.15) is 21.5 Å². The van der Waals surface area contributed by atoms with Crippen LogP contribution in [0.4, 0.5) is 0 Å². The fraction of sp³-hybridized carbons (Fsp3) is 0.0476. The number of carbonyl (C=O) groups excluding carboxylic acids is 1.